The lowest BCUT2D eigenvalue weighted by atomic mass is 9.87. The van der Waals surface area contributed by atoms with Gasteiger partial charge in [-0.2, -0.15) is 0 Å². The molecule has 0 aliphatic rings. The summed E-state index contributed by atoms with van der Waals surface area (Å²) in [5.74, 6) is 1.54. The van der Waals surface area contributed by atoms with Gasteiger partial charge in [-0.05, 0) is 35.2 Å². The minimum atomic E-state index is 0.143. The summed E-state index contributed by atoms with van der Waals surface area (Å²) < 4.78 is 5.42. The lowest BCUT2D eigenvalue weighted by molar-refractivity contribution is 0.416. The molecule has 4 heteroatoms. The molecular weight excluding hydrogens is 310 g/mol. The molecule has 0 atom stereocenters. The van der Waals surface area contributed by atoms with E-state index in [2.05, 4.69) is 60.3 Å². The van der Waals surface area contributed by atoms with Crippen LogP contribution in [-0.2, 0) is 5.41 Å². The maximum atomic E-state index is 5.42. The van der Waals surface area contributed by atoms with Gasteiger partial charge >= 0.3 is 0 Å². The molecule has 0 radical (unpaired) electrons. The minimum absolute atomic E-state index is 0.143. The maximum absolute atomic E-state index is 5.42. The van der Waals surface area contributed by atoms with Gasteiger partial charge in [0.1, 0.15) is 17.9 Å². The Hall–Kier alpha value is -2.88. The van der Waals surface area contributed by atoms with Crippen molar-refractivity contribution in [2.75, 3.05) is 12.4 Å². The number of anilines is 2. The Balaban J connectivity index is 1.85. The predicted octanol–water partition coefficient (Wildman–Crippen LogP) is 5.19. The van der Waals surface area contributed by atoms with Crippen LogP contribution in [0.2, 0.25) is 0 Å². The highest BCUT2D eigenvalue weighted by Gasteiger charge is 2.13. The van der Waals surface area contributed by atoms with Crippen molar-refractivity contribution in [3.05, 3.63) is 66.5 Å². The van der Waals surface area contributed by atoms with Gasteiger partial charge in [0.05, 0.1) is 12.8 Å². The lowest BCUT2D eigenvalue weighted by Gasteiger charge is -2.19. The third kappa shape index (κ3) is 3.97. The molecule has 0 fully saturated rings. The Morgan fingerprint density at radius 1 is 0.920 bits per heavy atom. The van der Waals surface area contributed by atoms with Crippen LogP contribution in [-0.4, -0.2) is 17.1 Å². The maximum Gasteiger partial charge on any atom is 0.134 e. The van der Waals surface area contributed by atoms with Crippen molar-refractivity contribution in [1.82, 2.24) is 9.97 Å². The number of rotatable bonds is 4. The summed E-state index contributed by atoms with van der Waals surface area (Å²) in [6.07, 6.45) is 1.56. The average Bonchev–Trinajstić information content (AvgIpc) is 2.61. The van der Waals surface area contributed by atoms with Crippen molar-refractivity contribution in [1.29, 1.82) is 0 Å². The molecule has 1 N–H and O–H groups in total. The third-order valence-electron chi connectivity index (χ3n) is 4.07. The normalized spacial score (nSPS) is 11.2. The van der Waals surface area contributed by atoms with Crippen molar-refractivity contribution >= 4 is 11.5 Å². The molecule has 0 aliphatic carbocycles. The molecule has 0 saturated carbocycles. The molecule has 0 bridgehead atoms. The molecule has 2 aromatic carbocycles. The zero-order chi connectivity index (χ0) is 17.9. The van der Waals surface area contributed by atoms with Gasteiger partial charge in [-0.3, -0.25) is 0 Å². The van der Waals surface area contributed by atoms with Crippen molar-refractivity contribution in [3.63, 3.8) is 0 Å². The van der Waals surface area contributed by atoms with E-state index in [1.54, 1.807) is 13.4 Å². The van der Waals surface area contributed by atoms with E-state index in [4.69, 9.17) is 4.74 Å². The zero-order valence-electron chi connectivity index (χ0n) is 15.1. The van der Waals surface area contributed by atoms with Crippen LogP contribution in [0.15, 0.2) is 60.9 Å². The monoisotopic (exact) mass is 333 g/mol. The summed E-state index contributed by atoms with van der Waals surface area (Å²) >= 11 is 0. The van der Waals surface area contributed by atoms with E-state index in [0.29, 0.717) is 0 Å². The van der Waals surface area contributed by atoms with Gasteiger partial charge in [0.25, 0.3) is 0 Å². The van der Waals surface area contributed by atoms with Crippen molar-refractivity contribution in [2.45, 2.75) is 26.2 Å². The van der Waals surface area contributed by atoms with Crippen LogP contribution in [0.25, 0.3) is 11.3 Å². The highest BCUT2D eigenvalue weighted by Crippen LogP contribution is 2.29. The molecule has 0 saturated heterocycles. The molecule has 25 heavy (non-hydrogen) atoms. The first-order valence-corrected chi connectivity index (χ1v) is 8.30. The molecule has 4 nitrogen and oxygen atoms in total. The van der Waals surface area contributed by atoms with E-state index in [1.807, 2.05) is 30.3 Å². The molecular formula is C21H23N3O. The molecule has 1 aromatic heterocycles. The lowest BCUT2D eigenvalue weighted by Crippen LogP contribution is -2.10. The summed E-state index contributed by atoms with van der Waals surface area (Å²) in [5, 5.41) is 3.34. The van der Waals surface area contributed by atoms with E-state index >= 15 is 0 Å². The molecule has 3 aromatic rings. The van der Waals surface area contributed by atoms with Crippen LogP contribution >= 0.6 is 0 Å². The number of methoxy groups -OCH3 is 1. The fraction of sp³-hybridized carbons (Fsp3) is 0.238. The van der Waals surface area contributed by atoms with Gasteiger partial charge < -0.3 is 10.1 Å². The van der Waals surface area contributed by atoms with Crippen LogP contribution in [0, 0.1) is 0 Å². The van der Waals surface area contributed by atoms with Gasteiger partial charge in [0.2, 0.25) is 0 Å². The van der Waals surface area contributed by atoms with Crippen LogP contribution in [0.5, 0.6) is 5.75 Å². The van der Waals surface area contributed by atoms with E-state index in [9.17, 15) is 0 Å². The van der Waals surface area contributed by atoms with Crippen molar-refractivity contribution < 1.29 is 4.74 Å². The summed E-state index contributed by atoms with van der Waals surface area (Å²) in [4.78, 5) is 8.70. The van der Waals surface area contributed by atoms with Crippen molar-refractivity contribution in [2.24, 2.45) is 0 Å². The first kappa shape index (κ1) is 17.0. The minimum Gasteiger partial charge on any atom is -0.496 e. The number of para-hydroxylation sites is 1. The predicted molar refractivity (Wildman–Crippen MR) is 102 cm³/mol. The Bertz CT molecular complexity index is 852. The highest BCUT2D eigenvalue weighted by molar-refractivity contribution is 5.70. The first-order valence-electron chi connectivity index (χ1n) is 8.30. The Morgan fingerprint density at radius 2 is 1.64 bits per heavy atom. The Kier molecular flexibility index (Phi) is 4.70. The number of aromatic nitrogens is 2. The molecule has 0 unspecified atom stereocenters. The van der Waals surface area contributed by atoms with Crippen molar-refractivity contribution in [3.8, 4) is 17.0 Å². The van der Waals surface area contributed by atoms with E-state index in [1.165, 1.54) is 5.56 Å². The second kappa shape index (κ2) is 6.93. The number of nitrogens with zero attached hydrogens (tertiary/aromatic N) is 2. The average molecular weight is 333 g/mol. The topological polar surface area (TPSA) is 47.0 Å². The van der Waals surface area contributed by atoms with E-state index in [0.717, 1.165) is 28.5 Å². The third-order valence-corrected chi connectivity index (χ3v) is 4.07. The smallest absolute Gasteiger partial charge is 0.134 e. The second-order valence-corrected chi connectivity index (χ2v) is 6.94. The van der Waals surface area contributed by atoms with Crippen LogP contribution in [0.3, 0.4) is 0 Å². The molecule has 128 valence electrons. The van der Waals surface area contributed by atoms with Gasteiger partial charge in [-0.15, -0.1) is 0 Å². The molecule has 0 spiro atoms. The standard InChI is InChI=1S/C21H23N3O/c1-21(2,3)15-9-11-16(12-10-15)24-20-13-18(22-14-23-20)17-7-5-6-8-19(17)25-4/h5-14H,1-4H3,(H,22,23,24). The van der Waals surface area contributed by atoms with Crippen LogP contribution in [0.1, 0.15) is 26.3 Å². The molecule has 0 amide bonds. The van der Waals surface area contributed by atoms with Gasteiger partial charge in [0, 0.05) is 17.3 Å². The summed E-state index contributed by atoms with van der Waals surface area (Å²) in [6.45, 7) is 6.62. The summed E-state index contributed by atoms with van der Waals surface area (Å²) in [5.41, 5.74) is 4.21. The summed E-state index contributed by atoms with van der Waals surface area (Å²) in [7, 11) is 1.66. The quantitative estimate of drug-likeness (QED) is 0.713. The number of hydrogen-bond donors (Lipinski definition) is 1. The zero-order valence-corrected chi connectivity index (χ0v) is 15.1. The van der Waals surface area contributed by atoms with E-state index in [-0.39, 0.29) is 5.41 Å². The fourth-order valence-electron chi connectivity index (χ4n) is 2.63. The van der Waals surface area contributed by atoms with Gasteiger partial charge in [0.15, 0.2) is 0 Å². The number of nitrogens with one attached hydrogen (secondary N) is 1. The second-order valence-electron chi connectivity index (χ2n) is 6.94. The van der Waals surface area contributed by atoms with E-state index < -0.39 is 0 Å². The van der Waals surface area contributed by atoms with Crippen LogP contribution < -0.4 is 10.1 Å². The molecule has 0 aliphatic heterocycles. The van der Waals surface area contributed by atoms with Crippen LogP contribution in [0.4, 0.5) is 11.5 Å². The largest absolute Gasteiger partial charge is 0.496 e. The number of benzene rings is 2. The summed E-state index contributed by atoms with van der Waals surface area (Å²) in [6, 6.07) is 18.2. The number of hydrogen-bond acceptors (Lipinski definition) is 4. The number of ether oxygens (including phenoxy) is 1. The first-order chi connectivity index (χ1) is 12.0. The van der Waals surface area contributed by atoms with Gasteiger partial charge in [-0.1, -0.05) is 45.0 Å². The fourth-order valence-corrected chi connectivity index (χ4v) is 2.63. The molecule has 3 rings (SSSR count). The SMILES string of the molecule is COc1ccccc1-c1cc(Nc2ccc(C(C)(C)C)cc2)ncn1. The Labute approximate surface area is 148 Å². The molecule has 1 heterocycles. The highest BCUT2D eigenvalue weighted by atomic mass is 16.5. The Morgan fingerprint density at radius 3 is 2.32 bits per heavy atom. The van der Waals surface area contributed by atoms with Gasteiger partial charge in [-0.25, -0.2) is 9.97 Å².